The number of carbonyl (C=O) groups excluding carboxylic acids is 2. The van der Waals surface area contributed by atoms with Crippen LogP contribution < -0.4 is 21.0 Å². The molecule has 0 atom stereocenters. The molecule has 1 aliphatic rings. The second kappa shape index (κ2) is 9.74. The Balaban J connectivity index is 1.34. The maximum atomic E-state index is 12.6. The quantitative estimate of drug-likeness (QED) is 0.493. The highest BCUT2D eigenvalue weighted by Crippen LogP contribution is 2.37. The molecule has 8 nitrogen and oxygen atoms in total. The lowest BCUT2D eigenvalue weighted by Crippen LogP contribution is -2.46. The molecule has 0 radical (unpaired) electrons. The van der Waals surface area contributed by atoms with E-state index in [9.17, 15) is 9.59 Å². The summed E-state index contributed by atoms with van der Waals surface area (Å²) in [6.07, 6.45) is 0. The van der Waals surface area contributed by atoms with E-state index in [-0.39, 0.29) is 0 Å². The average molecular weight is 474 g/mol. The second-order valence-corrected chi connectivity index (χ2v) is 8.93. The van der Waals surface area contributed by atoms with Crippen molar-refractivity contribution in [3.05, 3.63) is 57.9 Å². The Morgan fingerprint density at radius 2 is 1.69 bits per heavy atom. The molecular weight excluding hydrogens is 450 g/mol. The minimum absolute atomic E-state index is 0.321. The molecule has 32 heavy (non-hydrogen) atoms. The van der Waals surface area contributed by atoms with E-state index in [1.165, 1.54) is 11.3 Å². The molecule has 0 unspecified atom stereocenters. The van der Waals surface area contributed by atoms with Crippen LogP contribution in [0, 0.1) is 0 Å². The molecule has 1 aliphatic heterocycles. The lowest BCUT2D eigenvalue weighted by Gasteiger charge is -2.33. The Morgan fingerprint density at radius 3 is 2.38 bits per heavy atom. The number of carbonyl (C=O) groups is 2. The third-order valence-corrected chi connectivity index (χ3v) is 6.93. The fourth-order valence-corrected chi connectivity index (χ4v) is 4.80. The Bertz CT molecular complexity index is 1130. The number of hydrazine groups is 2. The highest BCUT2D eigenvalue weighted by molar-refractivity contribution is 7.21. The maximum Gasteiger partial charge on any atom is 0.281 e. The third kappa shape index (κ3) is 4.97. The number of thiophene rings is 1. The zero-order valence-corrected chi connectivity index (χ0v) is 19.3. The average Bonchev–Trinajstić information content (AvgIpc) is 3.15. The van der Waals surface area contributed by atoms with Crippen LogP contribution in [0.1, 0.15) is 20.0 Å². The van der Waals surface area contributed by atoms with Crippen LogP contribution in [-0.2, 0) is 0 Å². The molecule has 168 valence electrons. The van der Waals surface area contributed by atoms with Gasteiger partial charge in [0.1, 0.15) is 10.6 Å². The van der Waals surface area contributed by atoms with E-state index < -0.39 is 11.8 Å². The summed E-state index contributed by atoms with van der Waals surface area (Å²) in [4.78, 5) is 27.6. The Labute approximate surface area is 195 Å². The number of fused-ring (bicyclic) bond motifs is 1. The van der Waals surface area contributed by atoms with Crippen molar-refractivity contribution >= 4 is 50.5 Å². The van der Waals surface area contributed by atoms with Crippen molar-refractivity contribution < 1.29 is 14.3 Å². The van der Waals surface area contributed by atoms with Crippen molar-refractivity contribution in [2.24, 2.45) is 0 Å². The van der Waals surface area contributed by atoms with Crippen molar-refractivity contribution in [3.63, 3.8) is 0 Å². The van der Waals surface area contributed by atoms with Crippen LogP contribution in [0.3, 0.4) is 0 Å². The molecule has 0 saturated carbocycles. The normalized spacial score (nSPS) is 14.8. The zero-order valence-electron chi connectivity index (χ0n) is 17.8. The number of rotatable bonds is 5. The van der Waals surface area contributed by atoms with E-state index >= 15 is 0 Å². The van der Waals surface area contributed by atoms with Gasteiger partial charge >= 0.3 is 0 Å². The number of hydrogen-bond acceptors (Lipinski definition) is 7. The minimum Gasteiger partial charge on any atom is -0.497 e. The number of nitrogens with zero attached hydrogens (tertiary/aromatic N) is 2. The van der Waals surface area contributed by atoms with Crippen LogP contribution in [0.25, 0.3) is 10.1 Å². The summed E-state index contributed by atoms with van der Waals surface area (Å²) in [5, 5.41) is 3.26. The highest BCUT2D eigenvalue weighted by atomic mass is 35.5. The van der Waals surface area contributed by atoms with Crippen LogP contribution in [0.15, 0.2) is 42.5 Å². The topological polar surface area (TPSA) is 85.9 Å². The molecule has 2 amide bonds. The van der Waals surface area contributed by atoms with Gasteiger partial charge in [0.2, 0.25) is 0 Å². The molecule has 4 rings (SSSR count). The van der Waals surface area contributed by atoms with E-state index in [2.05, 4.69) is 33.2 Å². The second-order valence-electron chi connectivity index (χ2n) is 7.49. The minimum atomic E-state index is -0.475. The van der Waals surface area contributed by atoms with Gasteiger partial charge in [0, 0.05) is 47.5 Å². The predicted molar refractivity (Wildman–Crippen MR) is 127 cm³/mol. The first-order valence-corrected chi connectivity index (χ1v) is 11.3. The molecule has 10 heteroatoms. The van der Waals surface area contributed by atoms with Crippen molar-refractivity contribution in [2.75, 3.05) is 45.8 Å². The summed E-state index contributed by atoms with van der Waals surface area (Å²) in [6.45, 7) is 3.87. The van der Waals surface area contributed by atoms with Crippen molar-refractivity contribution in [1.29, 1.82) is 0 Å². The SMILES string of the molecule is COc1ccc2c(Cl)c(C(=O)NNC(=O)c3ccc(NN4CCN(C)CC4)cc3)sc2c1. The first kappa shape index (κ1) is 22.3. The van der Waals surface area contributed by atoms with Crippen molar-refractivity contribution in [1.82, 2.24) is 20.8 Å². The third-order valence-electron chi connectivity index (χ3n) is 5.27. The van der Waals surface area contributed by atoms with Crippen LogP contribution in [0.5, 0.6) is 5.75 Å². The predicted octanol–water partition coefficient (Wildman–Crippen LogP) is 3.21. The van der Waals surface area contributed by atoms with Gasteiger partial charge in [-0.2, -0.15) is 0 Å². The Hall–Kier alpha value is -2.85. The van der Waals surface area contributed by atoms with Crippen LogP contribution >= 0.6 is 22.9 Å². The van der Waals surface area contributed by atoms with E-state index in [4.69, 9.17) is 16.3 Å². The summed E-state index contributed by atoms with van der Waals surface area (Å²) in [7, 11) is 3.68. The summed E-state index contributed by atoms with van der Waals surface area (Å²) in [5.41, 5.74) is 9.57. The van der Waals surface area contributed by atoms with Crippen LogP contribution in [-0.4, -0.2) is 62.1 Å². The van der Waals surface area contributed by atoms with Gasteiger partial charge in [-0.15, -0.1) is 11.3 Å². The van der Waals surface area contributed by atoms with Crippen molar-refractivity contribution in [2.45, 2.75) is 0 Å². The monoisotopic (exact) mass is 473 g/mol. The van der Waals surface area contributed by atoms with Gasteiger partial charge in [-0.1, -0.05) is 11.6 Å². The number of amides is 2. The molecule has 2 heterocycles. The Kier molecular flexibility index (Phi) is 6.80. The number of anilines is 1. The lowest BCUT2D eigenvalue weighted by atomic mass is 10.2. The summed E-state index contributed by atoms with van der Waals surface area (Å²) in [6, 6.07) is 12.5. The molecule has 1 fully saturated rings. The van der Waals surface area contributed by atoms with Gasteiger partial charge in [-0.05, 0) is 49.5 Å². The lowest BCUT2D eigenvalue weighted by molar-refractivity contribution is 0.0849. The number of nitrogens with one attached hydrogen (secondary N) is 3. The highest BCUT2D eigenvalue weighted by Gasteiger charge is 2.19. The first-order valence-electron chi connectivity index (χ1n) is 10.1. The molecule has 1 saturated heterocycles. The summed E-state index contributed by atoms with van der Waals surface area (Å²) >= 11 is 7.60. The van der Waals surface area contributed by atoms with Gasteiger partial charge < -0.3 is 15.1 Å². The van der Waals surface area contributed by atoms with E-state index in [1.54, 1.807) is 31.4 Å². The number of piperazine rings is 1. The van der Waals surface area contributed by atoms with E-state index in [0.717, 1.165) is 42.0 Å². The molecule has 3 aromatic rings. The van der Waals surface area contributed by atoms with Gasteiger partial charge in [-0.3, -0.25) is 20.4 Å². The summed E-state index contributed by atoms with van der Waals surface area (Å²) < 4.78 is 6.04. The molecule has 1 aromatic heterocycles. The van der Waals surface area contributed by atoms with Gasteiger partial charge in [0.05, 0.1) is 12.1 Å². The molecule has 0 spiro atoms. The molecule has 0 bridgehead atoms. The number of methoxy groups -OCH3 is 1. The Morgan fingerprint density at radius 1 is 1.00 bits per heavy atom. The molecule has 0 aliphatic carbocycles. The summed E-state index contributed by atoms with van der Waals surface area (Å²) in [5.74, 6) is -0.207. The van der Waals surface area contributed by atoms with Crippen LogP contribution in [0.4, 0.5) is 5.69 Å². The fraction of sp³-hybridized carbons (Fsp3) is 0.273. The first-order chi connectivity index (χ1) is 15.4. The number of likely N-dealkylation sites (N-methyl/N-ethyl adjacent to an activating group) is 1. The molecule has 2 aromatic carbocycles. The van der Waals surface area contributed by atoms with Gasteiger partial charge in [0.15, 0.2) is 0 Å². The van der Waals surface area contributed by atoms with E-state index in [1.807, 2.05) is 18.2 Å². The fourth-order valence-electron chi connectivity index (χ4n) is 3.36. The number of halogens is 1. The molecular formula is C22H24ClN5O3S. The largest absolute Gasteiger partial charge is 0.497 e. The molecule has 3 N–H and O–H groups in total. The van der Waals surface area contributed by atoms with E-state index in [0.29, 0.717) is 21.2 Å². The van der Waals surface area contributed by atoms with Gasteiger partial charge in [0.25, 0.3) is 11.8 Å². The number of benzene rings is 2. The zero-order chi connectivity index (χ0) is 22.7. The van der Waals surface area contributed by atoms with Crippen LogP contribution in [0.2, 0.25) is 5.02 Å². The number of ether oxygens (including phenoxy) is 1. The maximum absolute atomic E-state index is 12.6. The van der Waals surface area contributed by atoms with Gasteiger partial charge in [-0.25, -0.2) is 5.01 Å². The van der Waals surface area contributed by atoms with Crippen molar-refractivity contribution in [3.8, 4) is 5.75 Å². The number of hydrogen-bond donors (Lipinski definition) is 3. The standard InChI is InChI=1S/C22H24ClN5O3S/c1-27-9-11-28(12-10-27)26-15-5-3-14(4-6-15)21(29)24-25-22(30)20-19(23)17-8-7-16(31-2)13-18(17)32-20/h3-8,13,26H,9-12H2,1-2H3,(H,24,29)(H,25,30). The smallest absolute Gasteiger partial charge is 0.281 e.